The number of amides is 1. The number of rotatable bonds is 0. The van der Waals surface area contributed by atoms with E-state index in [9.17, 15) is 4.79 Å². The predicted octanol–water partition coefficient (Wildman–Crippen LogP) is 2.67. The highest BCUT2D eigenvalue weighted by molar-refractivity contribution is 6.70. The number of nitrogens with zero attached hydrogens (tertiary/aromatic N) is 1. The number of hydrogen-bond donors (Lipinski definition) is 1. The summed E-state index contributed by atoms with van der Waals surface area (Å²) in [4.78, 5) is 15.5. The lowest BCUT2D eigenvalue weighted by Gasteiger charge is -2.06. The zero-order valence-corrected chi connectivity index (χ0v) is 9.43. The summed E-state index contributed by atoms with van der Waals surface area (Å²) in [5.74, 6) is -0.172. The van der Waals surface area contributed by atoms with Crippen molar-refractivity contribution in [2.45, 2.75) is 13.0 Å². The number of aliphatic imine (C=N–C) groups is 1. The van der Waals surface area contributed by atoms with Crippen molar-refractivity contribution in [3.8, 4) is 0 Å². The van der Waals surface area contributed by atoms with Crippen molar-refractivity contribution >= 4 is 40.0 Å². The molecule has 1 aromatic carbocycles. The maximum absolute atomic E-state index is 11.5. The van der Waals surface area contributed by atoms with Crippen molar-refractivity contribution in [2.75, 3.05) is 5.32 Å². The van der Waals surface area contributed by atoms with Gasteiger partial charge in [0.25, 0.3) is 0 Å². The molecule has 5 heteroatoms. The van der Waals surface area contributed by atoms with Crippen LogP contribution in [0.1, 0.15) is 12.5 Å². The van der Waals surface area contributed by atoms with E-state index in [1.807, 2.05) is 0 Å². The van der Waals surface area contributed by atoms with Crippen LogP contribution in [0.25, 0.3) is 0 Å². The third kappa shape index (κ3) is 1.98. The first-order chi connectivity index (χ1) is 7.08. The van der Waals surface area contributed by atoms with Gasteiger partial charge in [0.2, 0.25) is 5.91 Å². The number of anilines is 1. The summed E-state index contributed by atoms with van der Waals surface area (Å²) in [5, 5.41) is 3.60. The van der Waals surface area contributed by atoms with Crippen LogP contribution in [0.15, 0.2) is 23.2 Å². The molecule has 1 unspecified atom stereocenters. The van der Waals surface area contributed by atoms with Crippen molar-refractivity contribution in [1.29, 1.82) is 0 Å². The summed E-state index contributed by atoms with van der Waals surface area (Å²) in [5.41, 5.74) is 1.30. The number of benzene rings is 1. The molecule has 1 N–H and O–H groups in total. The molecular weight excluding hydrogens is 235 g/mol. The first-order valence-electron chi connectivity index (χ1n) is 4.42. The molecule has 0 radical (unpaired) electrons. The van der Waals surface area contributed by atoms with Crippen LogP contribution in [0.3, 0.4) is 0 Å². The normalized spacial score (nSPS) is 20.1. The Kier molecular flexibility index (Phi) is 2.67. The van der Waals surface area contributed by atoms with Crippen molar-refractivity contribution in [3.05, 3.63) is 28.8 Å². The molecule has 78 valence electrons. The molecule has 1 heterocycles. The molecule has 1 atom stereocenters. The summed E-state index contributed by atoms with van der Waals surface area (Å²) < 4.78 is 0. The van der Waals surface area contributed by atoms with Gasteiger partial charge in [-0.25, -0.2) is 0 Å². The molecular formula is C10H8Cl2N2O. The van der Waals surface area contributed by atoms with E-state index >= 15 is 0 Å². The maximum Gasteiger partial charge on any atom is 0.248 e. The van der Waals surface area contributed by atoms with E-state index in [0.29, 0.717) is 21.4 Å². The Morgan fingerprint density at radius 2 is 2.13 bits per heavy atom. The van der Waals surface area contributed by atoms with Crippen LogP contribution in [-0.2, 0) is 4.79 Å². The highest BCUT2D eigenvalue weighted by atomic mass is 35.5. The zero-order valence-electron chi connectivity index (χ0n) is 7.92. The monoisotopic (exact) mass is 242 g/mol. The number of benzodiazepines with no additional fused rings is 1. The number of nitrogens with one attached hydrogen (secondary N) is 1. The van der Waals surface area contributed by atoms with Crippen LogP contribution in [0.4, 0.5) is 5.69 Å². The Hall–Kier alpha value is -1.06. The largest absolute Gasteiger partial charge is 0.324 e. The lowest BCUT2D eigenvalue weighted by atomic mass is 10.2. The molecule has 1 amide bonds. The minimum absolute atomic E-state index is 0.172. The van der Waals surface area contributed by atoms with E-state index in [4.69, 9.17) is 23.2 Å². The van der Waals surface area contributed by atoms with Crippen molar-refractivity contribution in [2.24, 2.45) is 4.99 Å². The predicted molar refractivity (Wildman–Crippen MR) is 61.9 cm³/mol. The van der Waals surface area contributed by atoms with Gasteiger partial charge in [-0.3, -0.25) is 9.79 Å². The van der Waals surface area contributed by atoms with Crippen LogP contribution in [0.2, 0.25) is 5.02 Å². The minimum Gasteiger partial charge on any atom is -0.324 e. The summed E-state index contributed by atoms with van der Waals surface area (Å²) in [6.07, 6.45) is 0. The van der Waals surface area contributed by atoms with Gasteiger partial charge in [-0.05, 0) is 25.1 Å². The lowest BCUT2D eigenvalue weighted by molar-refractivity contribution is -0.116. The van der Waals surface area contributed by atoms with Gasteiger partial charge in [0, 0.05) is 10.6 Å². The van der Waals surface area contributed by atoms with Crippen LogP contribution >= 0.6 is 23.2 Å². The number of fused-ring (bicyclic) bond motifs is 1. The zero-order chi connectivity index (χ0) is 11.0. The number of carbonyl (C=O) groups is 1. The fourth-order valence-electron chi connectivity index (χ4n) is 1.33. The maximum atomic E-state index is 11.5. The Labute approximate surface area is 97.1 Å². The molecule has 15 heavy (non-hydrogen) atoms. The highest BCUT2D eigenvalue weighted by Gasteiger charge is 2.20. The Morgan fingerprint density at radius 3 is 2.87 bits per heavy atom. The van der Waals surface area contributed by atoms with E-state index in [-0.39, 0.29) is 5.91 Å². The summed E-state index contributed by atoms with van der Waals surface area (Å²) in [6, 6.07) is 4.61. The highest BCUT2D eigenvalue weighted by Crippen LogP contribution is 2.25. The lowest BCUT2D eigenvalue weighted by Crippen LogP contribution is -2.22. The first kappa shape index (κ1) is 10.5. The van der Waals surface area contributed by atoms with Gasteiger partial charge in [0.05, 0.1) is 5.69 Å². The Bertz CT molecular complexity index is 457. The minimum atomic E-state index is -0.483. The van der Waals surface area contributed by atoms with Gasteiger partial charge >= 0.3 is 0 Å². The van der Waals surface area contributed by atoms with Gasteiger partial charge in [0.1, 0.15) is 11.2 Å². The van der Waals surface area contributed by atoms with Gasteiger partial charge in [-0.1, -0.05) is 23.2 Å². The average Bonchev–Trinajstić information content (AvgIpc) is 2.28. The van der Waals surface area contributed by atoms with E-state index in [1.165, 1.54) is 0 Å². The topological polar surface area (TPSA) is 41.5 Å². The van der Waals surface area contributed by atoms with E-state index < -0.39 is 6.04 Å². The fraction of sp³-hybridized carbons (Fsp3) is 0.200. The van der Waals surface area contributed by atoms with Gasteiger partial charge in [-0.15, -0.1) is 0 Å². The first-order valence-corrected chi connectivity index (χ1v) is 5.17. The summed E-state index contributed by atoms with van der Waals surface area (Å²) >= 11 is 11.8. The molecule has 1 aliphatic rings. The molecule has 0 aliphatic carbocycles. The SMILES string of the molecule is CC1N=C(Cl)c2cc(Cl)ccc2NC1=O. The molecule has 1 aliphatic heterocycles. The smallest absolute Gasteiger partial charge is 0.248 e. The standard InChI is InChI=1S/C10H8Cl2N2O/c1-5-10(15)14-8-3-2-6(11)4-7(8)9(12)13-5/h2-5H,1H3,(H,14,15). The van der Waals surface area contributed by atoms with Crippen molar-refractivity contribution in [1.82, 2.24) is 0 Å². The third-order valence-electron chi connectivity index (χ3n) is 2.15. The van der Waals surface area contributed by atoms with Crippen LogP contribution < -0.4 is 5.32 Å². The molecule has 3 nitrogen and oxygen atoms in total. The summed E-state index contributed by atoms with van der Waals surface area (Å²) in [7, 11) is 0. The number of halogens is 2. The molecule has 0 fully saturated rings. The number of hydrogen-bond acceptors (Lipinski definition) is 2. The number of carbonyl (C=O) groups excluding carboxylic acids is 1. The molecule has 1 aromatic rings. The molecule has 0 bridgehead atoms. The second-order valence-electron chi connectivity index (χ2n) is 3.28. The van der Waals surface area contributed by atoms with Gasteiger partial charge in [0.15, 0.2) is 0 Å². The fourth-order valence-corrected chi connectivity index (χ4v) is 1.81. The molecule has 0 spiro atoms. The second kappa shape index (κ2) is 3.83. The van der Waals surface area contributed by atoms with Crippen LogP contribution in [0, 0.1) is 0 Å². The van der Waals surface area contributed by atoms with Crippen molar-refractivity contribution in [3.63, 3.8) is 0 Å². The third-order valence-corrected chi connectivity index (χ3v) is 2.68. The molecule has 0 saturated carbocycles. The van der Waals surface area contributed by atoms with Gasteiger partial charge in [-0.2, -0.15) is 0 Å². The van der Waals surface area contributed by atoms with E-state index in [1.54, 1.807) is 25.1 Å². The van der Waals surface area contributed by atoms with E-state index in [2.05, 4.69) is 10.3 Å². The Morgan fingerprint density at radius 1 is 1.40 bits per heavy atom. The second-order valence-corrected chi connectivity index (χ2v) is 4.07. The average molecular weight is 243 g/mol. The van der Waals surface area contributed by atoms with Gasteiger partial charge < -0.3 is 5.32 Å². The van der Waals surface area contributed by atoms with Crippen molar-refractivity contribution < 1.29 is 4.79 Å². The molecule has 0 saturated heterocycles. The molecule has 2 rings (SSSR count). The van der Waals surface area contributed by atoms with E-state index in [0.717, 1.165) is 0 Å². The quantitative estimate of drug-likeness (QED) is 0.747. The molecule has 0 aromatic heterocycles. The summed E-state index contributed by atoms with van der Waals surface area (Å²) in [6.45, 7) is 1.69. The Balaban J connectivity index is 2.58. The van der Waals surface area contributed by atoms with Crippen LogP contribution in [-0.4, -0.2) is 17.1 Å². The van der Waals surface area contributed by atoms with Crippen LogP contribution in [0.5, 0.6) is 0 Å².